The van der Waals surface area contributed by atoms with Crippen LogP contribution in [0.1, 0.15) is 27.0 Å². The molecule has 35 heavy (non-hydrogen) atoms. The van der Waals surface area contributed by atoms with Crippen LogP contribution in [-0.4, -0.2) is 45.9 Å². The summed E-state index contributed by atoms with van der Waals surface area (Å²) >= 11 is 0. The summed E-state index contributed by atoms with van der Waals surface area (Å²) in [6.07, 6.45) is 0. The van der Waals surface area contributed by atoms with Crippen LogP contribution in [0.25, 0.3) is 0 Å². The molecule has 4 rings (SSSR count). The fourth-order valence-electron chi connectivity index (χ4n) is 3.64. The molecule has 0 bridgehead atoms. The van der Waals surface area contributed by atoms with Gasteiger partial charge in [-0.05, 0) is 67.8 Å². The summed E-state index contributed by atoms with van der Waals surface area (Å²) in [7, 11) is -1.08. The SMILES string of the molecule is COCCN(C)S(=O)(=O)c1cc2c(cc1Oc1ccc(C)c(C)c1)Oc1ccc(C)cc1NC2=O. The van der Waals surface area contributed by atoms with Gasteiger partial charge in [-0.3, -0.25) is 4.79 Å². The molecule has 0 spiro atoms. The van der Waals surface area contributed by atoms with Crippen LogP contribution < -0.4 is 14.8 Å². The molecular weight excluding hydrogens is 468 g/mol. The molecular formula is C26H28N2O6S. The number of nitrogens with zero attached hydrogens (tertiary/aromatic N) is 1. The van der Waals surface area contributed by atoms with E-state index < -0.39 is 15.9 Å². The Morgan fingerprint density at radius 2 is 1.74 bits per heavy atom. The molecule has 0 aliphatic carbocycles. The molecule has 1 heterocycles. The first kappa shape index (κ1) is 24.7. The maximum Gasteiger partial charge on any atom is 0.259 e. The van der Waals surface area contributed by atoms with Crippen molar-refractivity contribution >= 4 is 21.6 Å². The van der Waals surface area contributed by atoms with Gasteiger partial charge in [-0.15, -0.1) is 0 Å². The van der Waals surface area contributed by atoms with E-state index in [0.717, 1.165) is 16.7 Å². The summed E-state index contributed by atoms with van der Waals surface area (Å²) in [6.45, 7) is 6.18. The summed E-state index contributed by atoms with van der Waals surface area (Å²) in [5.41, 5.74) is 3.62. The molecule has 0 aromatic heterocycles. The summed E-state index contributed by atoms with van der Waals surface area (Å²) in [4.78, 5) is 12.9. The predicted octanol–water partition coefficient (Wildman–Crippen LogP) is 5.03. The average molecular weight is 497 g/mol. The molecule has 8 nitrogen and oxygen atoms in total. The highest BCUT2D eigenvalue weighted by Crippen LogP contribution is 2.42. The quantitative estimate of drug-likeness (QED) is 0.493. The standard InChI is InChI=1S/C26H28N2O6S/c1-16-6-9-22-21(12-16)27-26(29)20-14-25(35(30,31)28(4)10-11-32-5)24(15-23(20)34-22)33-19-8-7-17(2)18(3)13-19/h6-9,12-15H,10-11H2,1-5H3,(H,27,29). The zero-order valence-electron chi connectivity index (χ0n) is 20.3. The number of sulfonamides is 1. The summed E-state index contributed by atoms with van der Waals surface area (Å²) in [6, 6.07) is 13.7. The third kappa shape index (κ3) is 5.02. The van der Waals surface area contributed by atoms with E-state index in [1.54, 1.807) is 18.2 Å². The molecule has 1 amide bonds. The van der Waals surface area contributed by atoms with Crippen molar-refractivity contribution in [2.75, 3.05) is 32.6 Å². The summed E-state index contributed by atoms with van der Waals surface area (Å²) in [5.74, 6) is 0.700. The van der Waals surface area contributed by atoms with Gasteiger partial charge in [0.2, 0.25) is 10.0 Å². The van der Waals surface area contributed by atoms with Gasteiger partial charge in [-0.1, -0.05) is 12.1 Å². The second-order valence-electron chi connectivity index (χ2n) is 8.52. The number of anilines is 1. The number of carbonyl (C=O) groups excluding carboxylic acids is 1. The van der Waals surface area contributed by atoms with Gasteiger partial charge < -0.3 is 19.5 Å². The van der Waals surface area contributed by atoms with E-state index in [1.165, 1.54) is 30.6 Å². The molecule has 1 N–H and O–H groups in total. The van der Waals surface area contributed by atoms with Crippen molar-refractivity contribution in [3.63, 3.8) is 0 Å². The van der Waals surface area contributed by atoms with E-state index in [9.17, 15) is 13.2 Å². The van der Waals surface area contributed by atoms with Crippen molar-refractivity contribution in [2.24, 2.45) is 0 Å². The lowest BCUT2D eigenvalue weighted by molar-refractivity contribution is 0.102. The lowest BCUT2D eigenvalue weighted by atomic mass is 10.1. The van der Waals surface area contributed by atoms with Crippen LogP contribution in [-0.2, 0) is 14.8 Å². The van der Waals surface area contributed by atoms with E-state index in [4.69, 9.17) is 14.2 Å². The molecule has 0 saturated carbocycles. The van der Waals surface area contributed by atoms with Crippen LogP contribution in [0.2, 0.25) is 0 Å². The number of ether oxygens (including phenoxy) is 3. The highest BCUT2D eigenvalue weighted by atomic mass is 32.2. The molecule has 9 heteroatoms. The minimum Gasteiger partial charge on any atom is -0.456 e. The van der Waals surface area contributed by atoms with Gasteiger partial charge in [0.15, 0.2) is 11.5 Å². The van der Waals surface area contributed by atoms with Crippen LogP contribution in [0.4, 0.5) is 5.69 Å². The van der Waals surface area contributed by atoms with Crippen molar-refractivity contribution in [1.82, 2.24) is 4.31 Å². The van der Waals surface area contributed by atoms with Crippen molar-refractivity contribution in [2.45, 2.75) is 25.7 Å². The molecule has 0 radical (unpaired) electrons. The molecule has 3 aromatic carbocycles. The molecule has 0 unspecified atom stereocenters. The second kappa shape index (κ2) is 9.69. The number of fused-ring (bicyclic) bond motifs is 2. The fourth-order valence-corrected chi connectivity index (χ4v) is 4.91. The number of benzene rings is 3. The number of hydrogen-bond acceptors (Lipinski definition) is 6. The average Bonchev–Trinajstić information content (AvgIpc) is 2.94. The minimum atomic E-state index is -4.03. The highest BCUT2D eigenvalue weighted by molar-refractivity contribution is 7.89. The van der Waals surface area contributed by atoms with Crippen molar-refractivity contribution in [1.29, 1.82) is 0 Å². The minimum absolute atomic E-state index is 0.0552. The highest BCUT2D eigenvalue weighted by Gasteiger charge is 2.31. The van der Waals surface area contributed by atoms with Crippen LogP contribution in [0.5, 0.6) is 23.0 Å². The van der Waals surface area contributed by atoms with E-state index in [-0.39, 0.29) is 35.1 Å². The van der Waals surface area contributed by atoms with E-state index in [2.05, 4.69) is 5.32 Å². The number of nitrogens with one attached hydrogen (secondary N) is 1. The summed E-state index contributed by atoms with van der Waals surface area (Å²) in [5, 5.41) is 2.81. The molecule has 1 aliphatic rings. The van der Waals surface area contributed by atoms with Gasteiger partial charge in [0, 0.05) is 26.8 Å². The maximum atomic E-state index is 13.5. The first-order valence-electron chi connectivity index (χ1n) is 11.1. The molecule has 1 aliphatic heterocycles. The van der Waals surface area contributed by atoms with Crippen LogP contribution >= 0.6 is 0 Å². The van der Waals surface area contributed by atoms with Crippen molar-refractivity contribution in [3.8, 4) is 23.0 Å². The van der Waals surface area contributed by atoms with Gasteiger partial charge in [0.1, 0.15) is 16.4 Å². The first-order valence-corrected chi connectivity index (χ1v) is 12.5. The topological polar surface area (TPSA) is 94.2 Å². The number of methoxy groups -OCH3 is 1. The molecule has 184 valence electrons. The number of carbonyl (C=O) groups is 1. The van der Waals surface area contributed by atoms with E-state index >= 15 is 0 Å². The zero-order valence-corrected chi connectivity index (χ0v) is 21.2. The van der Waals surface area contributed by atoms with Crippen LogP contribution in [0.3, 0.4) is 0 Å². The van der Waals surface area contributed by atoms with E-state index in [1.807, 2.05) is 39.0 Å². The monoisotopic (exact) mass is 496 g/mol. The molecule has 0 atom stereocenters. The predicted molar refractivity (Wildman–Crippen MR) is 133 cm³/mol. The number of likely N-dealkylation sites (N-methyl/N-ethyl adjacent to an activating group) is 1. The van der Waals surface area contributed by atoms with Gasteiger partial charge in [-0.2, -0.15) is 4.31 Å². The Balaban J connectivity index is 1.86. The Hall–Kier alpha value is -3.40. The lowest BCUT2D eigenvalue weighted by Crippen LogP contribution is -2.30. The Morgan fingerprint density at radius 1 is 0.971 bits per heavy atom. The van der Waals surface area contributed by atoms with Gasteiger partial charge in [-0.25, -0.2) is 8.42 Å². The third-order valence-electron chi connectivity index (χ3n) is 5.90. The second-order valence-corrected chi connectivity index (χ2v) is 10.5. The Kier molecular flexibility index (Phi) is 6.84. The fraction of sp³-hybridized carbons (Fsp3) is 0.269. The molecule has 0 fully saturated rings. The van der Waals surface area contributed by atoms with Gasteiger partial charge in [0.05, 0.1) is 17.9 Å². The molecule has 0 saturated heterocycles. The zero-order chi connectivity index (χ0) is 25.3. The van der Waals surface area contributed by atoms with Crippen LogP contribution in [0, 0.1) is 20.8 Å². The third-order valence-corrected chi connectivity index (χ3v) is 7.78. The Morgan fingerprint density at radius 3 is 2.46 bits per heavy atom. The van der Waals surface area contributed by atoms with Crippen LogP contribution in [0.15, 0.2) is 53.4 Å². The summed E-state index contributed by atoms with van der Waals surface area (Å²) < 4.78 is 45.4. The van der Waals surface area contributed by atoms with Gasteiger partial charge in [0.25, 0.3) is 5.91 Å². The number of hydrogen-bond donors (Lipinski definition) is 1. The Labute approximate surface area is 205 Å². The normalized spacial score (nSPS) is 12.9. The number of aryl methyl sites for hydroxylation is 3. The number of rotatable bonds is 7. The van der Waals surface area contributed by atoms with Crippen molar-refractivity contribution < 1.29 is 27.4 Å². The first-order chi connectivity index (χ1) is 16.6. The van der Waals surface area contributed by atoms with Crippen molar-refractivity contribution in [3.05, 3.63) is 70.8 Å². The number of amides is 1. The van der Waals surface area contributed by atoms with Gasteiger partial charge >= 0.3 is 0 Å². The largest absolute Gasteiger partial charge is 0.456 e. The molecule has 3 aromatic rings. The maximum absolute atomic E-state index is 13.5. The lowest BCUT2D eigenvalue weighted by Gasteiger charge is -2.20. The smallest absolute Gasteiger partial charge is 0.259 e. The Bertz CT molecular complexity index is 1400. The van der Waals surface area contributed by atoms with E-state index in [0.29, 0.717) is 17.2 Å².